The van der Waals surface area contributed by atoms with Crippen LogP contribution < -0.4 is 0 Å². The number of carbonyl (C=O) groups is 1. The zero-order valence-electron chi connectivity index (χ0n) is 12.9. The molecule has 0 aromatic heterocycles. The molecule has 1 heterocycles. The van der Waals surface area contributed by atoms with Crippen molar-refractivity contribution in [1.82, 2.24) is 4.90 Å². The molecule has 20 heavy (non-hydrogen) atoms. The molecule has 0 aromatic rings. The highest BCUT2D eigenvalue weighted by Crippen LogP contribution is 2.01. The zero-order valence-corrected chi connectivity index (χ0v) is 12.9. The van der Waals surface area contributed by atoms with Gasteiger partial charge in [-0.3, -0.25) is 4.79 Å². The molecule has 0 radical (unpaired) electrons. The summed E-state index contributed by atoms with van der Waals surface area (Å²) in [7, 11) is 0. The maximum atomic E-state index is 9.87. The van der Waals surface area contributed by atoms with Crippen molar-refractivity contribution in [2.24, 2.45) is 0 Å². The summed E-state index contributed by atoms with van der Waals surface area (Å²) in [5.41, 5.74) is 0. The molecule has 0 fully saturated rings. The van der Waals surface area contributed by atoms with E-state index in [2.05, 4.69) is 55.5 Å². The molecule has 0 atom stereocenters. The molecule has 3 nitrogen and oxygen atoms in total. The smallest absolute Gasteiger partial charge is 0.303 e. The fraction of sp³-hybridized carbons (Fsp3) is 0.588. The summed E-state index contributed by atoms with van der Waals surface area (Å²) in [4.78, 5) is 12.1. The number of carboxylic acids is 1. The number of aliphatic carboxylic acids is 1. The lowest BCUT2D eigenvalue weighted by Crippen LogP contribution is -2.10. The van der Waals surface area contributed by atoms with Gasteiger partial charge in [-0.15, -0.1) is 0 Å². The fourth-order valence-electron chi connectivity index (χ4n) is 1.65. The Morgan fingerprint density at radius 1 is 1.20 bits per heavy atom. The second-order valence-electron chi connectivity index (χ2n) is 4.84. The van der Waals surface area contributed by atoms with Crippen LogP contribution >= 0.6 is 0 Å². The van der Waals surface area contributed by atoms with Gasteiger partial charge in [0, 0.05) is 19.2 Å². The summed E-state index contributed by atoms with van der Waals surface area (Å²) in [5, 5.41) is 8.14. The quantitative estimate of drug-likeness (QED) is 0.653. The highest BCUT2D eigenvalue weighted by atomic mass is 16.4. The number of carboxylic acid groups (broad SMARTS) is 1. The molecule has 0 aromatic carbocycles. The van der Waals surface area contributed by atoms with Crippen LogP contribution in [0.15, 0.2) is 36.7 Å². The van der Waals surface area contributed by atoms with Crippen molar-refractivity contribution >= 4 is 5.97 Å². The Balaban J connectivity index is 0.000000396. The molecule has 0 saturated heterocycles. The van der Waals surface area contributed by atoms with Gasteiger partial charge in [-0.05, 0) is 25.1 Å². The van der Waals surface area contributed by atoms with Gasteiger partial charge in [-0.2, -0.15) is 0 Å². The van der Waals surface area contributed by atoms with Crippen LogP contribution in [-0.2, 0) is 4.79 Å². The van der Waals surface area contributed by atoms with E-state index in [0.717, 1.165) is 25.8 Å². The molecule has 1 rings (SSSR count). The van der Waals surface area contributed by atoms with E-state index >= 15 is 0 Å². The van der Waals surface area contributed by atoms with Crippen LogP contribution in [0.4, 0.5) is 0 Å². The number of rotatable bonds is 8. The molecule has 0 saturated carbocycles. The minimum absolute atomic E-state index is 0.327. The predicted molar refractivity (Wildman–Crippen MR) is 85.4 cm³/mol. The van der Waals surface area contributed by atoms with E-state index in [9.17, 15) is 4.79 Å². The van der Waals surface area contributed by atoms with E-state index in [1.807, 2.05) is 0 Å². The van der Waals surface area contributed by atoms with Crippen molar-refractivity contribution in [1.29, 1.82) is 0 Å². The maximum absolute atomic E-state index is 9.87. The number of hydrogen-bond donors (Lipinski definition) is 1. The van der Waals surface area contributed by atoms with Crippen LogP contribution in [0, 0.1) is 0 Å². The summed E-state index contributed by atoms with van der Waals surface area (Å²) >= 11 is 0. The van der Waals surface area contributed by atoms with Gasteiger partial charge >= 0.3 is 5.97 Å². The third-order valence-corrected chi connectivity index (χ3v) is 2.86. The topological polar surface area (TPSA) is 40.5 Å². The Hall–Kier alpha value is -1.51. The van der Waals surface area contributed by atoms with Gasteiger partial charge in [-0.1, -0.05) is 57.8 Å². The number of nitrogens with zero attached hydrogens (tertiary/aromatic N) is 1. The molecule has 0 amide bonds. The molecule has 114 valence electrons. The fourth-order valence-corrected chi connectivity index (χ4v) is 1.65. The van der Waals surface area contributed by atoms with Crippen LogP contribution in [-0.4, -0.2) is 22.5 Å². The second kappa shape index (κ2) is 13.9. The summed E-state index contributed by atoms with van der Waals surface area (Å²) < 4.78 is 0. The first kappa shape index (κ1) is 18.5. The summed E-state index contributed by atoms with van der Waals surface area (Å²) in [6.07, 6.45) is 19.9. The van der Waals surface area contributed by atoms with Gasteiger partial charge in [0.05, 0.1) is 0 Å². The molecule has 0 aliphatic carbocycles. The lowest BCUT2D eigenvalue weighted by Gasteiger charge is -2.14. The first-order valence-corrected chi connectivity index (χ1v) is 7.68. The van der Waals surface area contributed by atoms with Crippen LogP contribution in [0.3, 0.4) is 0 Å². The van der Waals surface area contributed by atoms with Crippen molar-refractivity contribution in [3.05, 3.63) is 36.7 Å². The van der Waals surface area contributed by atoms with E-state index in [-0.39, 0.29) is 0 Å². The molecular formula is C17H29NO2. The van der Waals surface area contributed by atoms with E-state index in [0.29, 0.717) is 6.42 Å². The normalized spacial score (nSPS) is 13.4. The number of allylic oxidation sites excluding steroid dienone is 3. The molecule has 1 N–H and O–H groups in total. The second-order valence-corrected chi connectivity index (χ2v) is 4.84. The van der Waals surface area contributed by atoms with Crippen molar-refractivity contribution in [2.45, 2.75) is 58.8 Å². The number of unbranched alkanes of at least 4 members (excludes halogenated alkanes) is 4. The Morgan fingerprint density at radius 3 is 2.50 bits per heavy atom. The molecular weight excluding hydrogens is 250 g/mol. The van der Waals surface area contributed by atoms with E-state index in [1.165, 1.54) is 19.3 Å². The van der Waals surface area contributed by atoms with Gasteiger partial charge in [0.25, 0.3) is 0 Å². The Kier molecular flexibility index (Phi) is 12.9. The van der Waals surface area contributed by atoms with Gasteiger partial charge in [0.1, 0.15) is 0 Å². The van der Waals surface area contributed by atoms with E-state index < -0.39 is 5.97 Å². The van der Waals surface area contributed by atoms with Crippen LogP contribution in [0.25, 0.3) is 0 Å². The average Bonchev–Trinajstić information content (AvgIpc) is 2.45. The molecule has 0 bridgehead atoms. The Morgan fingerprint density at radius 2 is 1.95 bits per heavy atom. The highest BCUT2D eigenvalue weighted by molar-refractivity contribution is 5.66. The SMILES string of the molecule is CCCCC=CN1C=CC=CC1.CCCCCC(=O)O. The van der Waals surface area contributed by atoms with Crippen molar-refractivity contribution in [3.8, 4) is 0 Å². The Bertz CT molecular complexity index is 319. The first-order valence-electron chi connectivity index (χ1n) is 7.68. The van der Waals surface area contributed by atoms with Gasteiger partial charge in [-0.25, -0.2) is 0 Å². The van der Waals surface area contributed by atoms with Crippen LogP contribution in [0.2, 0.25) is 0 Å². The molecule has 0 unspecified atom stereocenters. The largest absolute Gasteiger partial charge is 0.481 e. The zero-order chi connectivity index (χ0) is 15.1. The van der Waals surface area contributed by atoms with E-state index in [1.54, 1.807) is 0 Å². The summed E-state index contributed by atoms with van der Waals surface area (Å²) in [6.45, 7) is 5.29. The van der Waals surface area contributed by atoms with Gasteiger partial charge in [0.15, 0.2) is 0 Å². The Labute approximate surface area is 123 Å². The molecule has 0 spiro atoms. The van der Waals surface area contributed by atoms with Crippen LogP contribution in [0.5, 0.6) is 0 Å². The third kappa shape index (κ3) is 12.9. The number of hydrogen-bond acceptors (Lipinski definition) is 2. The predicted octanol–water partition coefficient (Wildman–Crippen LogP) is 4.73. The summed E-state index contributed by atoms with van der Waals surface area (Å²) in [6, 6.07) is 0. The highest BCUT2D eigenvalue weighted by Gasteiger charge is 1.93. The van der Waals surface area contributed by atoms with Crippen molar-refractivity contribution in [2.75, 3.05) is 6.54 Å². The molecule has 3 heteroatoms. The monoisotopic (exact) mass is 279 g/mol. The van der Waals surface area contributed by atoms with Gasteiger partial charge < -0.3 is 10.0 Å². The minimum atomic E-state index is -0.682. The third-order valence-electron chi connectivity index (χ3n) is 2.86. The van der Waals surface area contributed by atoms with E-state index in [4.69, 9.17) is 5.11 Å². The lowest BCUT2D eigenvalue weighted by molar-refractivity contribution is -0.137. The molecule has 1 aliphatic rings. The van der Waals surface area contributed by atoms with Crippen molar-refractivity contribution in [3.63, 3.8) is 0 Å². The van der Waals surface area contributed by atoms with Crippen molar-refractivity contribution < 1.29 is 9.90 Å². The first-order chi connectivity index (χ1) is 9.70. The minimum Gasteiger partial charge on any atom is -0.481 e. The average molecular weight is 279 g/mol. The lowest BCUT2D eigenvalue weighted by atomic mass is 10.2. The summed E-state index contributed by atoms with van der Waals surface area (Å²) in [5.74, 6) is -0.682. The molecule has 1 aliphatic heterocycles. The van der Waals surface area contributed by atoms with Crippen LogP contribution in [0.1, 0.15) is 58.8 Å². The van der Waals surface area contributed by atoms with Gasteiger partial charge in [0.2, 0.25) is 0 Å². The maximum Gasteiger partial charge on any atom is 0.303 e. The standard InChI is InChI=1S/C11H17N.C6H12O2/c1-2-3-4-6-9-12-10-7-5-8-11-12;1-2-3-4-5-6(7)8/h5-10H,2-4,11H2,1H3;2-5H2,1H3,(H,7,8).